The van der Waals surface area contributed by atoms with E-state index < -0.39 is 0 Å². The lowest BCUT2D eigenvalue weighted by Gasteiger charge is -2.22. The predicted octanol–water partition coefficient (Wildman–Crippen LogP) is 2.70. The Bertz CT molecular complexity index is 225. The predicted molar refractivity (Wildman–Crippen MR) is 66.4 cm³/mol. The van der Waals surface area contributed by atoms with Crippen molar-refractivity contribution in [1.82, 2.24) is 0 Å². The molecule has 1 atom stereocenters. The van der Waals surface area contributed by atoms with Crippen LogP contribution in [0.3, 0.4) is 0 Å². The highest BCUT2D eigenvalue weighted by atomic mass is 16.7. The first kappa shape index (κ1) is 14.3. The molecule has 1 saturated heterocycles. The number of carbonyl (C=O) groups excluding carboxylic acids is 1. The second kappa shape index (κ2) is 9.31. The van der Waals surface area contributed by atoms with Gasteiger partial charge in [-0.15, -0.1) is 0 Å². The highest BCUT2D eigenvalue weighted by Crippen LogP contribution is 2.14. The third kappa shape index (κ3) is 7.23. The maximum atomic E-state index is 10.8. The van der Waals surface area contributed by atoms with E-state index in [1.165, 1.54) is 6.42 Å². The van der Waals surface area contributed by atoms with Gasteiger partial charge in [0.2, 0.25) is 0 Å². The van der Waals surface area contributed by atoms with Crippen molar-refractivity contribution in [2.24, 2.45) is 0 Å². The Morgan fingerprint density at radius 3 is 2.82 bits per heavy atom. The number of carbonyl (C=O) groups is 1. The summed E-state index contributed by atoms with van der Waals surface area (Å²) in [5.41, 5.74) is 0. The molecule has 1 heterocycles. The molecule has 0 aromatic rings. The number of nitrogens with one attached hydrogen (secondary N) is 1. The summed E-state index contributed by atoms with van der Waals surface area (Å²) in [6.07, 6.45) is 8.84. The van der Waals surface area contributed by atoms with Crippen LogP contribution in [-0.4, -0.2) is 31.5 Å². The molecule has 1 aliphatic rings. The van der Waals surface area contributed by atoms with E-state index in [9.17, 15) is 4.79 Å². The first-order valence-corrected chi connectivity index (χ1v) is 6.59. The smallest absolute Gasteiger partial charge is 0.173 e. The normalized spacial score (nSPS) is 20.1. The molecule has 1 fully saturated rings. The van der Waals surface area contributed by atoms with E-state index in [2.05, 4.69) is 0 Å². The van der Waals surface area contributed by atoms with Crippen LogP contribution in [-0.2, 0) is 14.3 Å². The van der Waals surface area contributed by atoms with Crippen molar-refractivity contribution in [1.29, 1.82) is 5.41 Å². The van der Waals surface area contributed by atoms with Crippen LogP contribution in [0.2, 0.25) is 0 Å². The van der Waals surface area contributed by atoms with Gasteiger partial charge in [-0.2, -0.15) is 0 Å². The van der Waals surface area contributed by atoms with Gasteiger partial charge in [0.05, 0.1) is 6.21 Å². The fraction of sp³-hybridized carbons (Fsp3) is 0.846. The molecular weight excluding hydrogens is 218 g/mol. The third-order valence-corrected chi connectivity index (χ3v) is 2.92. The fourth-order valence-corrected chi connectivity index (χ4v) is 1.88. The zero-order chi connectivity index (χ0) is 12.3. The summed E-state index contributed by atoms with van der Waals surface area (Å²) < 4.78 is 11.1. The lowest BCUT2D eigenvalue weighted by molar-refractivity contribution is -0.162. The third-order valence-electron chi connectivity index (χ3n) is 2.92. The molecule has 0 spiro atoms. The molecule has 0 saturated carbocycles. The van der Waals surface area contributed by atoms with Crippen molar-refractivity contribution >= 4 is 12.0 Å². The van der Waals surface area contributed by atoms with Crippen LogP contribution in [0.4, 0.5) is 0 Å². The van der Waals surface area contributed by atoms with Crippen LogP contribution in [0.25, 0.3) is 0 Å². The van der Waals surface area contributed by atoms with Crippen LogP contribution in [0.1, 0.15) is 51.4 Å². The second-order valence-electron chi connectivity index (χ2n) is 4.44. The SMILES string of the molecule is N=CC(=O)CCCCCCOC1CCCCO1. The van der Waals surface area contributed by atoms with Crippen molar-refractivity contribution in [2.45, 2.75) is 57.7 Å². The Labute approximate surface area is 103 Å². The number of ketones is 1. The van der Waals surface area contributed by atoms with Gasteiger partial charge in [-0.3, -0.25) is 4.79 Å². The summed E-state index contributed by atoms with van der Waals surface area (Å²) in [5, 5.41) is 6.76. The van der Waals surface area contributed by atoms with Gasteiger partial charge in [-0.25, -0.2) is 0 Å². The average Bonchev–Trinajstić information content (AvgIpc) is 2.38. The minimum Gasteiger partial charge on any atom is -0.353 e. The minimum atomic E-state index is -0.0724. The van der Waals surface area contributed by atoms with Gasteiger partial charge in [-0.1, -0.05) is 12.8 Å². The first-order chi connectivity index (χ1) is 8.33. The first-order valence-electron chi connectivity index (χ1n) is 6.59. The average molecular weight is 241 g/mol. The maximum absolute atomic E-state index is 10.8. The van der Waals surface area contributed by atoms with E-state index in [1.54, 1.807) is 0 Å². The van der Waals surface area contributed by atoms with Crippen LogP contribution < -0.4 is 0 Å². The van der Waals surface area contributed by atoms with Gasteiger partial charge in [0, 0.05) is 19.6 Å². The van der Waals surface area contributed by atoms with Crippen molar-refractivity contribution < 1.29 is 14.3 Å². The maximum Gasteiger partial charge on any atom is 0.173 e. The Morgan fingerprint density at radius 2 is 2.12 bits per heavy atom. The highest BCUT2D eigenvalue weighted by Gasteiger charge is 2.13. The van der Waals surface area contributed by atoms with Gasteiger partial charge in [-0.05, 0) is 32.1 Å². The molecule has 4 heteroatoms. The van der Waals surface area contributed by atoms with E-state index in [-0.39, 0.29) is 12.1 Å². The quantitative estimate of drug-likeness (QED) is 0.498. The van der Waals surface area contributed by atoms with Gasteiger partial charge in [0.15, 0.2) is 12.1 Å². The van der Waals surface area contributed by atoms with Crippen LogP contribution >= 0.6 is 0 Å². The van der Waals surface area contributed by atoms with E-state index in [4.69, 9.17) is 14.9 Å². The number of unbranched alkanes of at least 4 members (excludes halogenated alkanes) is 3. The Morgan fingerprint density at radius 1 is 1.29 bits per heavy atom. The van der Waals surface area contributed by atoms with E-state index in [0.717, 1.165) is 58.0 Å². The monoisotopic (exact) mass is 241 g/mol. The molecule has 0 aliphatic carbocycles. The zero-order valence-electron chi connectivity index (χ0n) is 10.5. The van der Waals surface area contributed by atoms with Gasteiger partial charge >= 0.3 is 0 Å². The van der Waals surface area contributed by atoms with Crippen LogP contribution in [0.15, 0.2) is 0 Å². The summed E-state index contributed by atoms with van der Waals surface area (Å²) in [5.74, 6) is -0.0724. The van der Waals surface area contributed by atoms with Crippen LogP contribution in [0, 0.1) is 5.41 Å². The van der Waals surface area contributed by atoms with E-state index >= 15 is 0 Å². The fourth-order valence-electron chi connectivity index (χ4n) is 1.88. The van der Waals surface area contributed by atoms with Crippen molar-refractivity contribution in [3.05, 3.63) is 0 Å². The number of Topliss-reactive ketones (excluding diaryl/α,β-unsaturated/α-hetero) is 1. The number of hydrogen-bond donors (Lipinski definition) is 1. The summed E-state index contributed by atoms with van der Waals surface area (Å²) >= 11 is 0. The summed E-state index contributed by atoms with van der Waals surface area (Å²) in [4.78, 5) is 10.8. The minimum absolute atomic E-state index is 0.0169. The Balaban J connectivity index is 1.83. The van der Waals surface area contributed by atoms with Crippen molar-refractivity contribution in [2.75, 3.05) is 13.2 Å². The molecule has 1 rings (SSSR count). The lowest BCUT2D eigenvalue weighted by atomic mass is 10.1. The number of rotatable bonds is 9. The summed E-state index contributed by atoms with van der Waals surface area (Å²) in [7, 11) is 0. The molecule has 1 aliphatic heterocycles. The molecule has 0 bridgehead atoms. The molecule has 17 heavy (non-hydrogen) atoms. The molecule has 0 aromatic heterocycles. The van der Waals surface area contributed by atoms with Crippen LogP contribution in [0.5, 0.6) is 0 Å². The molecule has 1 unspecified atom stereocenters. The number of hydrogen-bond acceptors (Lipinski definition) is 4. The molecule has 98 valence electrons. The Kier molecular flexibility index (Phi) is 7.84. The molecule has 4 nitrogen and oxygen atoms in total. The van der Waals surface area contributed by atoms with E-state index in [1.807, 2.05) is 0 Å². The van der Waals surface area contributed by atoms with Gasteiger partial charge < -0.3 is 14.9 Å². The lowest BCUT2D eigenvalue weighted by Crippen LogP contribution is -2.22. The molecule has 0 aromatic carbocycles. The summed E-state index contributed by atoms with van der Waals surface area (Å²) in [6, 6.07) is 0. The topological polar surface area (TPSA) is 59.4 Å². The van der Waals surface area contributed by atoms with Gasteiger partial charge in [0.1, 0.15) is 0 Å². The molecule has 1 N–H and O–H groups in total. The standard InChI is InChI=1S/C13H23NO3/c14-11-12(15)7-3-1-2-5-9-16-13-8-4-6-10-17-13/h11,13-14H,1-10H2. The molecule has 0 amide bonds. The van der Waals surface area contributed by atoms with Gasteiger partial charge in [0.25, 0.3) is 0 Å². The van der Waals surface area contributed by atoms with Crippen molar-refractivity contribution in [3.63, 3.8) is 0 Å². The zero-order valence-corrected chi connectivity index (χ0v) is 10.5. The Hall–Kier alpha value is -0.740. The van der Waals surface area contributed by atoms with E-state index in [0.29, 0.717) is 6.42 Å². The molecular formula is C13H23NO3. The summed E-state index contributed by atoms with van der Waals surface area (Å²) in [6.45, 7) is 1.58. The second-order valence-corrected chi connectivity index (χ2v) is 4.44. The van der Waals surface area contributed by atoms with Crippen molar-refractivity contribution in [3.8, 4) is 0 Å². The number of ether oxygens (including phenoxy) is 2. The molecule has 0 radical (unpaired) electrons. The highest BCUT2D eigenvalue weighted by molar-refractivity contribution is 6.26. The largest absolute Gasteiger partial charge is 0.353 e.